The first-order valence-corrected chi connectivity index (χ1v) is 8.03. The molecule has 0 radical (unpaired) electrons. The van der Waals surface area contributed by atoms with Gasteiger partial charge in [0.05, 0.1) is 4.92 Å². The van der Waals surface area contributed by atoms with Crippen molar-refractivity contribution in [1.29, 1.82) is 0 Å². The Morgan fingerprint density at radius 3 is 2.09 bits per heavy atom. The number of aromatic nitrogens is 2. The van der Waals surface area contributed by atoms with E-state index in [1.165, 1.54) is 6.33 Å². The van der Waals surface area contributed by atoms with Crippen molar-refractivity contribution in [2.75, 3.05) is 23.3 Å². The lowest BCUT2D eigenvalue weighted by molar-refractivity contribution is -0.383. The van der Waals surface area contributed by atoms with Gasteiger partial charge in [0.2, 0.25) is 11.6 Å². The number of nitrogens with one attached hydrogen (secondary N) is 1. The molecule has 0 spiro atoms. The van der Waals surface area contributed by atoms with Gasteiger partial charge in [0, 0.05) is 18.6 Å². The van der Waals surface area contributed by atoms with Crippen molar-refractivity contribution in [3.8, 4) is 0 Å². The van der Waals surface area contributed by atoms with E-state index in [0.717, 1.165) is 0 Å². The van der Waals surface area contributed by atoms with Gasteiger partial charge in [0.15, 0.2) is 0 Å². The second kappa shape index (κ2) is 7.57. The van der Waals surface area contributed by atoms with Gasteiger partial charge >= 0.3 is 5.69 Å². The molecule has 1 rings (SSSR count). The van der Waals surface area contributed by atoms with Gasteiger partial charge in [-0.15, -0.1) is 0 Å². The lowest BCUT2D eigenvalue weighted by Crippen LogP contribution is -2.33. The van der Waals surface area contributed by atoms with Gasteiger partial charge in [-0.2, -0.15) is 0 Å². The van der Waals surface area contributed by atoms with E-state index < -0.39 is 4.92 Å². The molecule has 0 amide bonds. The molecule has 0 aliphatic carbocycles. The predicted octanol–water partition coefficient (Wildman–Crippen LogP) is 3.71. The average Bonchev–Trinajstić information content (AvgIpc) is 2.34. The number of nitrogens with zero attached hydrogens (tertiary/aromatic N) is 4. The number of hydrogen-bond acceptors (Lipinski definition) is 6. The van der Waals surface area contributed by atoms with Crippen LogP contribution >= 0.6 is 0 Å². The minimum Gasteiger partial charge on any atom is -0.360 e. The fourth-order valence-corrected chi connectivity index (χ4v) is 2.34. The fourth-order valence-electron chi connectivity index (χ4n) is 2.34. The van der Waals surface area contributed by atoms with Crippen molar-refractivity contribution in [1.82, 2.24) is 9.97 Å². The zero-order chi connectivity index (χ0) is 17.8. The first-order valence-electron chi connectivity index (χ1n) is 8.03. The van der Waals surface area contributed by atoms with Gasteiger partial charge in [-0.25, -0.2) is 9.97 Å². The summed E-state index contributed by atoms with van der Waals surface area (Å²) in [7, 11) is 0. The topological polar surface area (TPSA) is 84.2 Å². The molecule has 1 N–H and O–H groups in total. The van der Waals surface area contributed by atoms with Gasteiger partial charge in [-0.3, -0.25) is 10.1 Å². The van der Waals surface area contributed by atoms with Gasteiger partial charge in [0.1, 0.15) is 6.33 Å². The van der Waals surface area contributed by atoms with Crippen molar-refractivity contribution in [2.24, 2.45) is 11.8 Å². The van der Waals surface area contributed by atoms with Gasteiger partial charge in [-0.1, -0.05) is 27.7 Å². The summed E-state index contributed by atoms with van der Waals surface area (Å²) in [6, 6.07) is 0. The Labute approximate surface area is 138 Å². The molecule has 7 nitrogen and oxygen atoms in total. The van der Waals surface area contributed by atoms with Crippen molar-refractivity contribution in [2.45, 2.75) is 54.0 Å². The Hall–Kier alpha value is -1.92. The molecule has 0 saturated heterocycles. The molecule has 130 valence electrons. The SMILES string of the molecule is CC(C)CN(CC(C)C)c1ncnc(NC(C)(C)C)c1[N+](=O)[O-]. The molecule has 1 heterocycles. The van der Waals surface area contributed by atoms with Crippen LogP contribution in [0.4, 0.5) is 17.3 Å². The van der Waals surface area contributed by atoms with Gasteiger partial charge in [0.25, 0.3) is 0 Å². The highest BCUT2D eigenvalue weighted by molar-refractivity contribution is 5.70. The van der Waals surface area contributed by atoms with E-state index in [1.807, 2.05) is 25.7 Å². The van der Waals surface area contributed by atoms with Crippen LogP contribution in [0.3, 0.4) is 0 Å². The molecule has 0 aliphatic heterocycles. The van der Waals surface area contributed by atoms with Crippen molar-refractivity contribution in [3.63, 3.8) is 0 Å². The Balaban J connectivity index is 3.36. The average molecular weight is 323 g/mol. The second-order valence-corrected chi connectivity index (χ2v) is 7.72. The van der Waals surface area contributed by atoms with E-state index in [0.29, 0.717) is 30.7 Å². The zero-order valence-corrected chi connectivity index (χ0v) is 15.3. The molecule has 0 fully saturated rings. The molecule has 0 saturated carbocycles. The zero-order valence-electron chi connectivity index (χ0n) is 15.3. The van der Waals surface area contributed by atoms with Crippen LogP contribution in [-0.2, 0) is 0 Å². The highest BCUT2D eigenvalue weighted by Gasteiger charge is 2.29. The van der Waals surface area contributed by atoms with Gasteiger partial charge < -0.3 is 10.2 Å². The summed E-state index contributed by atoms with van der Waals surface area (Å²) in [6.07, 6.45) is 1.39. The van der Waals surface area contributed by atoms with E-state index >= 15 is 0 Å². The molecule has 1 aromatic heterocycles. The molecule has 0 bridgehead atoms. The summed E-state index contributed by atoms with van der Waals surface area (Å²) in [5.41, 5.74) is -0.374. The Kier molecular flexibility index (Phi) is 6.29. The number of anilines is 2. The summed E-state index contributed by atoms with van der Waals surface area (Å²) in [5.74, 6) is 1.41. The normalized spacial score (nSPS) is 11.9. The predicted molar refractivity (Wildman–Crippen MR) is 94.0 cm³/mol. The van der Waals surface area contributed by atoms with Crippen molar-refractivity contribution in [3.05, 3.63) is 16.4 Å². The highest BCUT2D eigenvalue weighted by Crippen LogP contribution is 2.33. The van der Waals surface area contributed by atoms with E-state index in [4.69, 9.17) is 0 Å². The van der Waals surface area contributed by atoms with Crippen LogP contribution in [0.1, 0.15) is 48.5 Å². The lowest BCUT2D eigenvalue weighted by Gasteiger charge is -2.28. The van der Waals surface area contributed by atoms with Crippen LogP contribution < -0.4 is 10.2 Å². The second-order valence-electron chi connectivity index (χ2n) is 7.72. The van der Waals surface area contributed by atoms with Crippen LogP contribution in [0.2, 0.25) is 0 Å². The van der Waals surface area contributed by atoms with E-state index in [2.05, 4.69) is 43.0 Å². The van der Waals surface area contributed by atoms with E-state index in [1.54, 1.807) is 0 Å². The standard InChI is InChI=1S/C16H29N5O2/c1-11(2)8-20(9-12(3)4)15-13(21(22)23)14(17-10-18-15)19-16(5,6)7/h10-12H,8-9H2,1-7H3,(H,17,18,19). The molecule has 0 aliphatic rings. The van der Waals surface area contributed by atoms with Crippen molar-refractivity contribution < 1.29 is 4.92 Å². The maximum Gasteiger partial charge on any atom is 0.353 e. The monoisotopic (exact) mass is 323 g/mol. The number of rotatable bonds is 7. The molecular weight excluding hydrogens is 294 g/mol. The largest absolute Gasteiger partial charge is 0.360 e. The number of nitro groups is 1. The Bertz CT molecular complexity index is 528. The minimum atomic E-state index is -0.392. The molecule has 0 unspecified atom stereocenters. The van der Waals surface area contributed by atoms with Crippen LogP contribution in [-0.4, -0.2) is 33.5 Å². The maximum absolute atomic E-state index is 11.7. The first kappa shape index (κ1) is 19.1. The molecule has 23 heavy (non-hydrogen) atoms. The molecule has 1 aromatic rings. The van der Waals surface area contributed by atoms with Gasteiger partial charge in [-0.05, 0) is 32.6 Å². The molecular formula is C16H29N5O2. The fraction of sp³-hybridized carbons (Fsp3) is 0.750. The number of hydrogen-bond donors (Lipinski definition) is 1. The Morgan fingerprint density at radius 2 is 1.70 bits per heavy atom. The molecule has 0 aromatic carbocycles. The Morgan fingerprint density at radius 1 is 1.17 bits per heavy atom. The van der Waals surface area contributed by atoms with Crippen LogP contribution in [0.15, 0.2) is 6.33 Å². The summed E-state index contributed by atoms with van der Waals surface area (Å²) in [4.78, 5) is 21.6. The lowest BCUT2D eigenvalue weighted by atomic mass is 10.1. The third-order valence-electron chi connectivity index (χ3n) is 2.95. The van der Waals surface area contributed by atoms with Crippen LogP contribution in [0.5, 0.6) is 0 Å². The third kappa shape index (κ3) is 6.00. The van der Waals surface area contributed by atoms with E-state index in [9.17, 15) is 10.1 Å². The smallest absolute Gasteiger partial charge is 0.353 e. The molecule has 7 heteroatoms. The summed E-state index contributed by atoms with van der Waals surface area (Å²) in [6.45, 7) is 15.6. The summed E-state index contributed by atoms with van der Waals surface area (Å²) >= 11 is 0. The van der Waals surface area contributed by atoms with Crippen molar-refractivity contribution >= 4 is 17.3 Å². The third-order valence-corrected chi connectivity index (χ3v) is 2.95. The summed E-state index contributed by atoms with van der Waals surface area (Å²) in [5, 5.41) is 14.8. The highest BCUT2D eigenvalue weighted by atomic mass is 16.6. The van der Waals surface area contributed by atoms with Crippen LogP contribution in [0.25, 0.3) is 0 Å². The minimum absolute atomic E-state index is 0.0521. The summed E-state index contributed by atoms with van der Waals surface area (Å²) < 4.78 is 0. The van der Waals surface area contributed by atoms with E-state index in [-0.39, 0.29) is 17.0 Å². The first-order chi connectivity index (χ1) is 10.5. The quantitative estimate of drug-likeness (QED) is 0.608. The maximum atomic E-state index is 11.7. The van der Waals surface area contributed by atoms with Crippen LogP contribution in [0, 0.1) is 22.0 Å². The molecule has 0 atom stereocenters.